The van der Waals surface area contributed by atoms with Crippen molar-refractivity contribution in [1.82, 2.24) is 14.9 Å². The van der Waals surface area contributed by atoms with Crippen LogP contribution < -0.4 is 5.32 Å². The minimum absolute atomic E-state index is 0.650. The Hall–Kier alpha value is -1.65. The van der Waals surface area contributed by atoms with Crippen LogP contribution in [0.3, 0.4) is 0 Å². The van der Waals surface area contributed by atoms with Gasteiger partial charge in [-0.15, -0.1) is 0 Å². The average molecular weight is 345 g/mol. The molecule has 5 heteroatoms. The van der Waals surface area contributed by atoms with Gasteiger partial charge in [-0.25, -0.2) is 4.98 Å². The van der Waals surface area contributed by atoms with Crippen LogP contribution in [0.15, 0.2) is 30.6 Å². The molecule has 1 aliphatic rings. The maximum atomic E-state index is 6.42. The van der Waals surface area contributed by atoms with Crippen LogP contribution in [0.4, 0.5) is 11.5 Å². The van der Waals surface area contributed by atoms with Gasteiger partial charge in [0.2, 0.25) is 0 Å². The summed E-state index contributed by atoms with van der Waals surface area (Å²) in [6, 6.07) is 5.96. The topological polar surface area (TPSA) is 41.1 Å². The standard InChI is InChI=1S/C19H25ClN4/c1-3-15-5-4-8-24(12-15)13-16-9-18(20)19(22-10-16)23-17-7-6-14(2)21-11-17/h6-7,9-11,15H,3-5,8,12-13H2,1-2H3,(H,22,23)/t15-/m1/s1. The molecule has 4 nitrogen and oxygen atoms in total. The number of halogens is 1. The van der Waals surface area contributed by atoms with Gasteiger partial charge in [-0.2, -0.15) is 0 Å². The SMILES string of the molecule is CC[C@@H]1CCCN(Cc2cnc(Nc3ccc(C)nc3)c(Cl)c2)C1. The van der Waals surface area contributed by atoms with E-state index in [4.69, 9.17) is 11.6 Å². The van der Waals surface area contributed by atoms with Crippen LogP contribution in [0, 0.1) is 12.8 Å². The summed E-state index contributed by atoms with van der Waals surface area (Å²) in [5.41, 5.74) is 3.05. The molecule has 128 valence electrons. The van der Waals surface area contributed by atoms with Gasteiger partial charge in [0.15, 0.2) is 0 Å². The first-order valence-electron chi connectivity index (χ1n) is 8.70. The summed E-state index contributed by atoms with van der Waals surface area (Å²) in [5, 5.41) is 3.88. The zero-order chi connectivity index (χ0) is 16.9. The van der Waals surface area contributed by atoms with Gasteiger partial charge in [0, 0.05) is 25.0 Å². The molecular formula is C19H25ClN4. The highest BCUT2D eigenvalue weighted by Gasteiger charge is 2.18. The summed E-state index contributed by atoms with van der Waals surface area (Å²) in [4.78, 5) is 11.3. The zero-order valence-electron chi connectivity index (χ0n) is 14.4. The van der Waals surface area contributed by atoms with E-state index < -0.39 is 0 Å². The van der Waals surface area contributed by atoms with Crippen molar-refractivity contribution in [3.63, 3.8) is 0 Å². The minimum atomic E-state index is 0.650. The largest absolute Gasteiger partial charge is 0.338 e. The molecule has 1 saturated heterocycles. The van der Waals surface area contributed by atoms with Crippen molar-refractivity contribution in [3.05, 3.63) is 46.9 Å². The minimum Gasteiger partial charge on any atom is -0.338 e. The van der Waals surface area contributed by atoms with Gasteiger partial charge in [-0.1, -0.05) is 24.9 Å². The van der Waals surface area contributed by atoms with Crippen molar-refractivity contribution >= 4 is 23.1 Å². The Morgan fingerprint density at radius 1 is 1.29 bits per heavy atom. The highest BCUT2D eigenvalue weighted by Crippen LogP contribution is 2.26. The van der Waals surface area contributed by atoms with Crippen molar-refractivity contribution in [3.8, 4) is 0 Å². The Morgan fingerprint density at radius 3 is 2.88 bits per heavy atom. The van der Waals surface area contributed by atoms with Gasteiger partial charge < -0.3 is 5.32 Å². The fraction of sp³-hybridized carbons (Fsp3) is 0.474. The van der Waals surface area contributed by atoms with E-state index in [9.17, 15) is 0 Å². The van der Waals surface area contributed by atoms with Crippen molar-refractivity contribution in [1.29, 1.82) is 0 Å². The van der Waals surface area contributed by atoms with Crippen LogP contribution in [0.1, 0.15) is 37.4 Å². The first-order chi connectivity index (χ1) is 11.6. The van der Waals surface area contributed by atoms with Gasteiger partial charge in [-0.3, -0.25) is 9.88 Å². The number of nitrogens with zero attached hydrogens (tertiary/aromatic N) is 3. The third kappa shape index (κ3) is 4.46. The molecule has 24 heavy (non-hydrogen) atoms. The highest BCUT2D eigenvalue weighted by molar-refractivity contribution is 6.33. The second kappa shape index (κ2) is 7.95. The maximum Gasteiger partial charge on any atom is 0.149 e. The Kier molecular flexibility index (Phi) is 5.69. The molecule has 1 N–H and O–H groups in total. The summed E-state index contributed by atoms with van der Waals surface area (Å²) in [5.74, 6) is 1.51. The molecular weight excluding hydrogens is 320 g/mol. The van der Waals surface area contributed by atoms with Crippen LogP contribution >= 0.6 is 11.6 Å². The highest BCUT2D eigenvalue weighted by atomic mass is 35.5. The van der Waals surface area contributed by atoms with Crippen LogP contribution in [0.2, 0.25) is 5.02 Å². The van der Waals surface area contributed by atoms with Crippen LogP contribution in [0.5, 0.6) is 0 Å². The fourth-order valence-electron chi connectivity index (χ4n) is 3.22. The number of anilines is 2. The molecule has 0 saturated carbocycles. The van der Waals surface area contributed by atoms with E-state index in [1.165, 1.54) is 37.9 Å². The number of rotatable bonds is 5. The number of aryl methyl sites for hydroxylation is 1. The van der Waals surface area contributed by atoms with E-state index in [0.29, 0.717) is 10.8 Å². The molecule has 3 heterocycles. The van der Waals surface area contributed by atoms with Crippen molar-refractivity contribution in [2.75, 3.05) is 18.4 Å². The predicted octanol–water partition coefficient (Wildman–Crippen LogP) is 4.80. The number of aromatic nitrogens is 2. The lowest BCUT2D eigenvalue weighted by Crippen LogP contribution is -2.34. The van der Waals surface area contributed by atoms with Gasteiger partial charge in [0.1, 0.15) is 5.82 Å². The Labute approximate surface area is 149 Å². The van der Waals surface area contributed by atoms with E-state index in [2.05, 4.69) is 27.1 Å². The Morgan fingerprint density at radius 2 is 2.17 bits per heavy atom. The quantitative estimate of drug-likeness (QED) is 0.845. The molecule has 0 radical (unpaired) electrons. The fourth-order valence-corrected chi connectivity index (χ4v) is 3.46. The summed E-state index contributed by atoms with van der Waals surface area (Å²) < 4.78 is 0. The van der Waals surface area contributed by atoms with Gasteiger partial charge in [-0.05, 0) is 56.0 Å². The Bertz CT molecular complexity index is 672. The molecule has 0 spiro atoms. The van der Waals surface area contributed by atoms with Crippen molar-refractivity contribution in [2.24, 2.45) is 5.92 Å². The zero-order valence-corrected chi connectivity index (χ0v) is 15.2. The lowest BCUT2D eigenvalue weighted by molar-refractivity contribution is 0.164. The third-order valence-corrected chi connectivity index (χ3v) is 4.95. The summed E-state index contributed by atoms with van der Waals surface area (Å²) in [7, 11) is 0. The molecule has 0 amide bonds. The third-order valence-electron chi connectivity index (χ3n) is 4.66. The van der Waals surface area contributed by atoms with Crippen molar-refractivity contribution < 1.29 is 0 Å². The van der Waals surface area contributed by atoms with E-state index in [1.54, 1.807) is 6.20 Å². The normalized spacial score (nSPS) is 18.5. The second-order valence-corrected chi connectivity index (χ2v) is 7.05. The number of hydrogen-bond acceptors (Lipinski definition) is 4. The molecule has 2 aromatic rings. The number of hydrogen-bond donors (Lipinski definition) is 1. The molecule has 0 unspecified atom stereocenters. The number of likely N-dealkylation sites (tertiary alicyclic amines) is 1. The maximum absolute atomic E-state index is 6.42. The molecule has 2 aromatic heterocycles. The molecule has 0 bridgehead atoms. The van der Waals surface area contributed by atoms with Gasteiger partial charge in [0.05, 0.1) is 16.9 Å². The van der Waals surface area contributed by atoms with Crippen LogP contribution in [0.25, 0.3) is 0 Å². The molecule has 0 aromatic carbocycles. The second-order valence-electron chi connectivity index (χ2n) is 6.64. The average Bonchev–Trinajstić information content (AvgIpc) is 2.59. The molecule has 3 rings (SSSR count). The predicted molar refractivity (Wildman–Crippen MR) is 99.8 cm³/mol. The molecule has 0 aliphatic carbocycles. The number of piperidine rings is 1. The lowest BCUT2D eigenvalue weighted by Gasteiger charge is -2.32. The molecule has 1 aliphatic heterocycles. The van der Waals surface area contributed by atoms with Crippen LogP contribution in [-0.2, 0) is 6.54 Å². The number of pyridine rings is 2. The number of nitrogens with one attached hydrogen (secondary N) is 1. The van der Waals surface area contributed by atoms with E-state index in [1.807, 2.05) is 31.3 Å². The first-order valence-corrected chi connectivity index (χ1v) is 9.08. The van der Waals surface area contributed by atoms with Crippen molar-refractivity contribution in [2.45, 2.75) is 39.7 Å². The summed E-state index contributed by atoms with van der Waals surface area (Å²) in [6.07, 6.45) is 7.63. The summed E-state index contributed by atoms with van der Waals surface area (Å²) in [6.45, 7) is 7.53. The monoisotopic (exact) mass is 344 g/mol. The first kappa shape index (κ1) is 17.2. The lowest BCUT2D eigenvalue weighted by atomic mass is 9.95. The van der Waals surface area contributed by atoms with Gasteiger partial charge in [0.25, 0.3) is 0 Å². The molecule has 1 atom stereocenters. The van der Waals surface area contributed by atoms with E-state index in [-0.39, 0.29) is 0 Å². The van der Waals surface area contributed by atoms with Crippen LogP contribution in [-0.4, -0.2) is 28.0 Å². The Balaban J connectivity index is 1.64. The van der Waals surface area contributed by atoms with Gasteiger partial charge >= 0.3 is 0 Å². The molecule has 1 fully saturated rings. The van der Waals surface area contributed by atoms with E-state index in [0.717, 1.165) is 23.8 Å². The smallest absolute Gasteiger partial charge is 0.149 e. The summed E-state index contributed by atoms with van der Waals surface area (Å²) >= 11 is 6.42. The van der Waals surface area contributed by atoms with E-state index >= 15 is 0 Å².